The molecule has 0 saturated heterocycles. The third kappa shape index (κ3) is 3.37. The summed E-state index contributed by atoms with van der Waals surface area (Å²) in [6, 6.07) is 5.17. The van der Waals surface area contributed by atoms with Crippen LogP contribution in [-0.4, -0.2) is 25.1 Å². The molecule has 4 nitrogen and oxygen atoms in total. The standard InChI is InChI=1S/C12H12Cl2N2O2/c1-18-12(15-8-3-4-8)16-11(17)7-2-5-9(13)10(14)6-7/h2,5-6,8H,3-4H2,1H3,(H,15,16,17). The number of nitrogens with zero attached hydrogens (tertiary/aromatic N) is 1. The molecule has 96 valence electrons. The fraction of sp³-hybridized carbons (Fsp3) is 0.333. The lowest BCUT2D eigenvalue weighted by atomic mass is 10.2. The molecule has 1 N–H and O–H groups in total. The van der Waals surface area contributed by atoms with E-state index in [0.717, 1.165) is 12.8 Å². The van der Waals surface area contributed by atoms with Crippen LogP contribution in [0.1, 0.15) is 23.2 Å². The van der Waals surface area contributed by atoms with E-state index in [1.165, 1.54) is 13.2 Å². The Morgan fingerprint density at radius 2 is 2.11 bits per heavy atom. The predicted molar refractivity (Wildman–Crippen MR) is 71.4 cm³/mol. The van der Waals surface area contributed by atoms with Crippen molar-refractivity contribution in [3.05, 3.63) is 33.8 Å². The van der Waals surface area contributed by atoms with Gasteiger partial charge in [0.15, 0.2) is 0 Å². The van der Waals surface area contributed by atoms with E-state index in [9.17, 15) is 4.79 Å². The molecule has 1 aliphatic rings. The number of methoxy groups -OCH3 is 1. The molecular weight excluding hydrogens is 275 g/mol. The Kier molecular flexibility index (Phi) is 4.09. The van der Waals surface area contributed by atoms with Crippen LogP contribution in [0.2, 0.25) is 10.0 Å². The summed E-state index contributed by atoms with van der Waals surface area (Å²) in [7, 11) is 1.47. The van der Waals surface area contributed by atoms with Gasteiger partial charge in [-0.25, -0.2) is 4.99 Å². The monoisotopic (exact) mass is 286 g/mol. The van der Waals surface area contributed by atoms with Gasteiger partial charge < -0.3 is 4.74 Å². The number of hydrogen-bond acceptors (Lipinski definition) is 3. The van der Waals surface area contributed by atoms with Crippen molar-refractivity contribution in [2.45, 2.75) is 18.9 Å². The van der Waals surface area contributed by atoms with Gasteiger partial charge in [0.1, 0.15) is 0 Å². The minimum Gasteiger partial charge on any atom is -0.468 e. The van der Waals surface area contributed by atoms with Crippen LogP contribution < -0.4 is 5.32 Å². The number of aliphatic imine (C=N–C) groups is 1. The summed E-state index contributed by atoms with van der Waals surface area (Å²) in [5, 5.41) is 3.33. The minimum absolute atomic E-state index is 0.230. The fourth-order valence-corrected chi connectivity index (χ4v) is 1.61. The maximum absolute atomic E-state index is 11.9. The topological polar surface area (TPSA) is 50.7 Å². The number of rotatable bonds is 2. The molecule has 0 radical (unpaired) electrons. The zero-order chi connectivity index (χ0) is 13.1. The average molecular weight is 287 g/mol. The highest BCUT2D eigenvalue weighted by atomic mass is 35.5. The van der Waals surface area contributed by atoms with Gasteiger partial charge in [0.25, 0.3) is 11.9 Å². The first-order valence-corrected chi connectivity index (χ1v) is 6.24. The zero-order valence-corrected chi connectivity index (χ0v) is 11.3. The first-order chi connectivity index (χ1) is 8.60. The largest absolute Gasteiger partial charge is 0.468 e. The Balaban J connectivity index is 2.08. The second-order valence-electron chi connectivity index (χ2n) is 3.95. The van der Waals surface area contributed by atoms with Crippen molar-refractivity contribution in [3.8, 4) is 0 Å². The van der Waals surface area contributed by atoms with Crippen LogP contribution in [0.5, 0.6) is 0 Å². The Morgan fingerprint density at radius 3 is 2.67 bits per heavy atom. The van der Waals surface area contributed by atoms with Gasteiger partial charge in [-0.2, -0.15) is 0 Å². The summed E-state index contributed by atoms with van der Waals surface area (Å²) < 4.78 is 5.01. The molecule has 1 saturated carbocycles. The Bertz CT molecular complexity index is 499. The number of carbonyl (C=O) groups excluding carboxylic acids is 1. The molecule has 0 unspecified atom stereocenters. The van der Waals surface area contributed by atoms with Gasteiger partial charge in [0.2, 0.25) is 0 Å². The number of carbonyl (C=O) groups is 1. The molecule has 0 aliphatic heterocycles. The van der Waals surface area contributed by atoms with E-state index >= 15 is 0 Å². The Morgan fingerprint density at radius 1 is 1.39 bits per heavy atom. The lowest BCUT2D eigenvalue weighted by Gasteiger charge is -2.07. The molecule has 0 heterocycles. The maximum Gasteiger partial charge on any atom is 0.291 e. The second-order valence-corrected chi connectivity index (χ2v) is 4.77. The average Bonchev–Trinajstić information content (AvgIpc) is 3.15. The molecule has 6 heteroatoms. The molecule has 1 aromatic carbocycles. The zero-order valence-electron chi connectivity index (χ0n) is 9.74. The van der Waals surface area contributed by atoms with E-state index in [0.29, 0.717) is 15.6 Å². The van der Waals surface area contributed by atoms with Gasteiger partial charge in [-0.15, -0.1) is 0 Å². The summed E-state index contributed by atoms with van der Waals surface area (Å²) in [5.74, 6) is -0.324. The summed E-state index contributed by atoms with van der Waals surface area (Å²) in [5.41, 5.74) is 0.407. The van der Waals surface area contributed by atoms with Gasteiger partial charge in [-0.05, 0) is 31.0 Å². The number of benzene rings is 1. The fourth-order valence-electron chi connectivity index (χ4n) is 1.31. The summed E-state index contributed by atoms with van der Waals surface area (Å²) in [4.78, 5) is 16.1. The van der Waals surface area contributed by atoms with Crippen molar-refractivity contribution < 1.29 is 9.53 Å². The van der Waals surface area contributed by atoms with Gasteiger partial charge in [-0.1, -0.05) is 23.2 Å². The third-order valence-corrected chi connectivity index (χ3v) is 3.18. The summed E-state index contributed by atoms with van der Waals surface area (Å²) in [6.45, 7) is 0. The smallest absolute Gasteiger partial charge is 0.291 e. The second kappa shape index (κ2) is 5.59. The summed E-state index contributed by atoms with van der Waals surface area (Å²) >= 11 is 11.6. The van der Waals surface area contributed by atoms with Crippen LogP contribution in [0, 0.1) is 0 Å². The maximum atomic E-state index is 11.9. The summed E-state index contributed by atoms with van der Waals surface area (Å²) in [6.07, 6.45) is 2.07. The molecule has 0 aromatic heterocycles. The highest BCUT2D eigenvalue weighted by Gasteiger charge is 2.22. The van der Waals surface area contributed by atoms with E-state index in [1.54, 1.807) is 12.1 Å². The number of nitrogens with one attached hydrogen (secondary N) is 1. The number of halogens is 2. The van der Waals surface area contributed by atoms with Crippen LogP contribution in [0.4, 0.5) is 0 Å². The van der Waals surface area contributed by atoms with Crippen LogP contribution in [0.25, 0.3) is 0 Å². The third-order valence-electron chi connectivity index (χ3n) is 2.44. The Labute approximate surface area is 115 Å². The van der Waals surface area contributed by atoms with Crippen LogP contribution >= 0.6 is 23.2 Å². The van der Waals surface area contributed by atoms with Crippen molar-refractivity contribution in [2.24, 2.45) is 4.99 Å². The number of hydrogen-bond donors (Lipinski definition) is 1. The van der Waals surface area contributed by atoms with Crippen molar-refractivity contribution in [1.82, 2.24) is 5.32 Å². The van der Waals surface area contributed by atoms with Crippen molar-refractivity contribution in [3.63, 3.8) is 0 Å². The normalized spacial score (nSPS) is 15.4. The Hall–Kier alpha value is -1.26. The van der Waals surface area contributed by atoms with Gasteiger partial charge >= 0.3 is 0 Å². The van der Waals surface area contributed by atoms with E-state index in [-0.39, 0.29) is 18.0 Å². The molecular formula is C12H12Cl2N2O2. The molecule has 1 fully saturated rings. The lowest BCUT2D eigenvalue weighted by Crippen LogP contribution is -2.32. The minimum atomic E-state index is -0.324. The molecule has 0 spiro atoms. The van der Waals surface area contributed by atoms with Crippen molar-refractivity contribution >= 4 is 35.1 Å². The van der Waals surface area contributed by atoms with Crippen LogP contribution in [-0.2, 0) is 4.74 Å². The van der Waals surface area contributed by atoms with Crippen LogP contribution in [0.3, 0.4) is 0 Å². The molecule has 0 bridgehead atoms. The van der Waals surface area contributed by atoms with E-state index in [4.69, 9.17) is 27.9 Å². The quantitative estimate of drug-likeness (QED) is 0.671. The van der Waals surface area contributed by atoms with E-state index in [2.05, 4.69) is 10.3 Å². The van der Waals surface area contributed by atoms with Crippen molar-refractivity contribution in [1.29, 1.82) is 0 Å². The molecule has 0 atom stereocenters. The molecule has 1 aliphatic carbocycles. The highest BCUT2D eigenvalue weighted by molar-refractivity contribution is 6.42. The van der Waals surface area contributed by atoms with Gasteiger partial charge in [0, 0.05) is 5.56 Å². The first kappa shape index (κ1) is 13.2. The number of amides is 1. The van der Waals surface area contributed by atoms with E-state index < -0.39 is 0 Å². The van der Waals surface area contributed by atoms with Crippen LogP contribution in [0.15, 0.2) is 23.2 Å². The van der Waals surface area contributed by atoms with Gasteiger partial charge in [-0.3, -0.25) is 10.1 Å². The number of ether oxygens (including phenoxy) is 1. The molecule has 2 rings (SSSR count). The lowest BCUT2D eigenvalue weighted by molar-refractivity contribution is 0.0968. The highest BCUT2D eigenvalue weighted by Crippen LogP contribution is 2.24. The van der Waals surface area contributed by atoms with E-state index in [1.807, 2.05) is 0 Å². The molecule has 1 amide bonds. The molecule has 18 heavy (non-hydrogen) atoms. The van der Waals surface area contributed by atoms with Gasteiger partial charge in [0.05, 0.1) is 23.2 Å². The van der Waals surface area contributed by atoms with Crippen molar-refractivity contribution in [2.75, 3.05) is 7.11 Å². The number of amidine groups is 1. The molecule has 1 aromatic rings. The first-order valence-electron chi connectivity index (χ1n) is 5.48. The SMILES string of the molecule is COC(=NC1CC1)NC(=O)c1ccc(Cl)c(Cl)c1. The predicted octanol–water partition coefficient (Wildman–Crippen LogP) is 2.89.